The van der Waals surface area contributed by atoms with Gasteiger partial charge >= 0.3 is 5.97 Å². The van der Waals surface area contributed by atoms with E-state index in [0.717, 1.165) is 56.9 Å². The van der Waals surface area contributed by atoms with Gasteiger partial charge in [0.2, 0.25) is 5.91 Å². The van der Waals surface area contributed by atoms with Crippen molar-refractivity contribution in [3.8, 4) is 0 Å². The summed E-state index contributed by atoms with van der Waals surface area (Å²) in [5.74, 6) is 0.701. The van der Waals surface area contributed by atoms with E-state index < -0.39 is 6.04 Å². The number of esters is 1. The van der Waals surface area contributed by atoms with E-state index in [1.807, 2.05) is 37.3 Å². The van der Waals surface area contributed by atoms with Crippen LogP contribution in [0.3, 0.4) is 0 Å². The molecule has 1 amide bonds. The molecule has 4 heteroatoms. The SMILES string of the molecule is CCCCC[C@@H]1C[C@H](C)CC[C@@H](C)C[C@@H](C)C(=O)N(C)[C@@H](Cc2ccccc2)C(=O)O1. The summed E-state index contributed by atoms with van der Waals surface area (Å²) in [6.07, 6.45) is 8.72. The van der Waals surface area contributed by atoms with Crippen LogP contribution in [0, 0.1) is 17.8 Å². The van der Waals surface area contributed by atoms with E-state index in [2.05, 4.69) is 20.8 Å². The molecule has 0 radical (unpaired) electrons. The van der Waals surface area contributed by atoms with Gasteiger partial charge in [0.15, 0.2) is 0 Å². The largest absolute Gasteiger partial charge is 0.461 e. The maximum atomic E-state index is 13.4. The Morgan fingerprint density at radius 2 is 1.61 bits per heavy atom. The van der Waals surface area contributed by atoms with Gasteiger partial charge in [-0.2, -0.15) is 0 Å². The molecule has 0 N–H and O–H groups in total. The van der Waals surface area contributed by atoms with Gasteiger partial charge in [0.05, 0.1) is 0 Å². The van der Waals surface area contributed by atoms with E-state index in [4.69, 9.17) is 4.74 Å². The molecule has 1 aromatic rings. The predicted molar refractivity (Wildman–Crippen MR) is 127 cm³/mol. The van der Waals surface area contributed by atoms with Crippen molar-refractivity contribution in [2.75, 3.05) is 7.05 Å². The Morgan fingerprint density at radius 3 is 2.26 bits per heavy atom. The first-order chi connectivity index (χ1) is 14.8. The lowest BCUT2D eigenvalue weighted by molar-refractivity contribution is -0.160. The Bertz CT molecular complexity index is 674. The lowest BCUT2D eigenvalue weighted by Crippen LogP contribution is -2.47. The molecule has 0 unspecified atom stereocenters. The fraction of sp³-hybridized carbons (Fsp3) is 0.704. The van der Waals surface area contributed by atoms with Crippen molar-refractivity contribution in [1.82, 2.24) is 4.90 Å². The van der Waals surface area contributed by atoms with Crippen LogP contribution in [0.1, 0.15) is 84.6 Å². The molecule has 31 heavy (non-hydrogen) atoms. The van der Waals surface area contributed by atoms with Crippen molar-refractivity contribution >= 4 is 11.9 Å². The van der Waals surface area contributed by atoms with Crippen molar-refractivity contribution in [1.29, 1.82) is 0 Å². The number of cyclic esters (lactones) is 1. The molecule has 5 atom stereocenters. The number of rotatable bonds is 6. The van der Waals surface area contributed by atoms with Gasteiger partial charge in [-0.3, -0.25) is 4.79 Å². The van der Waals surface area contributed by atoms with Gasteiger partial charge in [0.1, 0.15) is 12.1 Å². The lowest BCUT2D eigenvalue weighted by Gasteiger charge is -2.31. The van der Waals surface area contributed by atoms with Crippen LogP contribution in [0.25, 0.3) is 0 Å². The molecular weight excluding hydrogens is 386 g/mol. The zero-order valence-electron chi connectivity index (χ0n) is 20.3. The smallest absolute Gasteiger partial charge is 0.329 e. The molecule has 0 aromatic heterocycles. The lowest BCUT2D eigenvalue weighted by atomic mass is 9.88. The number of carbonyl (C=O) groups is 2. The number of carbonyl (C=O) groups excluding carboxylic acids is 2. The standard InChI is InChI=1S/C27H43NO3/c1-6-7-9-14-24-18-21(3)16-15-20(2)17-22(4)26(29)28(5)25(27(30)31-24)19-23-12-10-8-11-13-23/h8,10-13,20-22,24-25H,6-7,9,14-19H2,1-5H3/t20-,21-,22-,24-,25+/m1/s1. The first-order valence-electron chi connectivity index (χ1n) is 12.3. The van der Waals surface area contributed by atoms with E-state index in [1.54, 1.807) is 11.9 Å². The van der Waals surface area contributed by atoms with Crippen LogP contribution < -0.4 is 0 Å². The molecule has 0 spiro atoms. The van der Waals surface area contributed by atoms with E-state index >= 15 is 0 Å². The summed E-state index contributed by atoms with van der Waals surface area (Å²) in [5, 5.41) is 0. The second-order valence-electron chi connectivity index (χ2n) is 9.87. The predicted octanol–water partition coefficient (Wildman–Crippen LogP) is 6.03. The quantitative estimate of drug-likeness (QED) is 0.410. The Balaban J connectivity index is 2.28. The Labute approximate surface area is 189 Å². The molecule has 0 aliphatic carbocycles. The third kappa shape index (κ3) is 8.31. The summed E-state index contributed by atoms with van der Waals surface area (Å²) in [5.41, 5.74) is 1.05. The summed E-state index contributed by atoms with van der Waals surface area (Å²) in [4.78, 5) is 28.2. The summed E-state index contributed by atoms with van der Waals surface area (Å²) in [6.45, 7) is 8.71. The fourth-order valence-electron chi connectivity index (χ4n) is 4.76. The number of hydrogen-bond acceptors (Lipinski definition) is 3. The minimum absolute atomic E-state index is 0.0413. The number of unbranched alkanes of at least 4 members (excludes halogenated alkanes) is 2. The topological polar surface area (TPSA) is 46.6 Å². The second-order valence-corrected chi connectivity index (χ2v) is 9.87. The van der Waals surface area contributed by atoms with Crippen molar-refractivity contribution in [3.05, 3.63) is 35.9 Å². The molecule has 1 aliphatic rings. The highest BCUT2D eigenvalue weighted by Crippen LogP contribution is 2.27. The normalized spacial score (nSPS) is 28.9. The fourth-order valence-corrected chi connectivity index (χ4v) is 4.76. The summed E-state index contributed by atoms with van der Waals surface area (Å²) >= 11 is 0. The highest BCUT2D eigenvalue weighted by Gasteiger charge is 2.33. The van der Waals surface area contributed by atoms with E-state index in [9.17, 15) is 9.59 Å². The van der Waals surface area contributed by atoms with Crippen molar-refractivity contribution < 1.29 is 14.3 Å². The van der Waals surface area contributed by atoms with Crippen molar-refractivity contribution in [2.24, 2.45) is 17.8 Å². The second kappa shape index (κ2) is 12.9. The van der Waals surface area contributed by atoms with E-state index in [0.29, 0.717) is 18.3 Å². The number of amides is 1. The zero-order valence-corrected chi connectivity index (χ0v) is 20.3. The number of nitrogens with zero attached hydrogens (tertiary/aromatic N) is 1. The third-order valence-electron chi connectivity index (χ3n) is 6.77. The van der Waals surface area contributed by atoms with Gasteiger partial charge in [0, 0.05) is 19.4 Å². The minimum Gasteiger partial charge on any atom is -0.461 e. The minimum atomic E-state index is -0.586. The molecule has 4 nitrogen and oxygen atoms in total. The third-order valence-corrected chi connectivity index (χ3v) is 6.77. The van der Waals surface area contributed by atoms with Crippen LogP contribution in [-0.4, -0.2) is 36.0 Å². The molecule has 174 valence electrons. The summed E-state index contributed by atoms with van der Waals surface area (Å²) in [7, 11) is 1.77. The van der Waals surface area contributed by atoms with Crippen LogP contribution in [0.5, 0.6) is 0 Å². The average molecular weight is 430 g/mol. The van der Waals surface area contributed by atoms with Crippen molar-refractivity contribution in [2.45, 2.75) is 97.6 Å². The zero-order chi connectivity index (χ0) is 22.8. The summed E-state index contributed by atoms with van der Waals surface area (Å²) in [6, 6.07) is 9.36. The summed E-state index contributed by atoms with van der Waals surface area (Å²) < 4.78 is 6.11. The molecule has 1 heterocycles. The molecular formula is C27H43NO3. The van der Waals surface area contributed by atoms with Crippen LogP contribution >= 0.6 is 0 Å². The molecule has 0 bridgehead atoms. The molecule has 1 aliphatic heterocycles. The number of benzene rings is 1. The highest BCUT2D eigenvalue weighted by atomic mass is 16.5. The Kier molecular flexibility index (Phi) is 10.6. The molecule has 2 rings (SSSR count). The van der Waals surface area contributed by atoms with Crippen LogP contribution in [0.4, 0.5) is 0 Å². The number of hydrogen-bond donors (Lipinski definition) is 0. The van der Waals surface area contributed by atoms with Crippen LogP contribution in [0.15, 0.2) is 30.3 Å². The highest BCUT2D eigenvalue weighted by molar-refractivity contribution is 5.85. The number of ether oxygens (including phenoxy) is 1. The van der Waals surface area contributed by atoms with E-state index in [-0.39, 0.29) is 23.9 Å². The average Bonchev–Trinajstić information content (AvgIpc) is 2.75. The van der Waals surface area contributed by atoms with Gasteiger partial charge in [-0.05, 0) is 43.1 Å². The maximum Gasteiger partial charge on any atom is 0.329 e. The molecule has 1 saturated heterocycles. The van der Waals surface area contributed by atoms with Gasteiger partial charge in [-0.1, -0.05) is 83.7 Å². The first kappa shape index (κ1) is 25.4. The Hall–Kier alpha value is -1.84. The monoisotopic (exact) mass is 429 g/mol. The van der Waals surface area contributed by atoms with Gasteiger partial charge in [-0.15, -0.1) is 0 Å². The molecule has 1 aromatic carbocycles. The van der Waals surface area contributed by atoms with Crippen LogP contribution in [0.2, 0.25) is 0 Å². The first-order valence-corrected chi connectivity index (χ1v) is 12.3. The van der Waals surface area contributed by atoms with Gasteiger partial charge in [0.25, 0.3) is 0 Å². The van der Waals surface area contributed by atoms with Gasteiger partial charge < -0.3 is 9.64 Å². The van der Waals surface area contributed by atoms with Crippen molar-refractivity contribution in [3.63, 3.8) is 0 Å². The number of likely N-dealkylation sites (N-methyl/N-ethyl adjacent to an activating group) is 1. The molecule has 0 saturated carbocycles. The van der Waals surface area contributed by atoms with Crippen LogP contribution in [-0.2, 0) is 20.7 Å². The maximum absolute atomic E-state index is 13.4. The Morgan fingerprint density at radius 1 is 0.968 bits per heavy atom. The van der Waals surface area contributed by atoms with Gasteiger partial charge in [-0.25, -0.2) is 4.79 Å². The molecule has 1 fully saturated rings. The van der Waals surface area contributed by atoms with E-state index in [1.165, 1.54) is 0 Å².